The van der Waals surface area contributed by atoms with E-state index < -0.39 is 0 Å². The maximum absolute atomic E-state index is 13.0. The average Bonchev–Trinajstić information content (AvgIpc) is 3.23. The van der Waals surface area contributed by atoms with Crippen molar-refractivity contribution >= 4 is 29.7 Å². The second kappa shape index (κ2) is 6.90. The summed E-state index contributed by atoms with van der Waals surface area (Å²) in [5.74, 6) is 2.27. The lowest BCUT2D eigenvalue weighted by molar-refractivity contribution is 0.102. The van der Waals surface area contributed by atoms with E-state index in [4.69, 9.17) is 14.1 Å². The van der Waals surface area contributed by atoms with Gasteiger partial charge in [-0.3, -0.25) is 9.79 Å². The van der Waals surface area contributed by atoms with E-state index in [2.05, 4.69) is 17.2 Å². The van der Waals surface area contributed by atoms with Gasteiger partial charge in [0.05, 0.1) is 23.8 Å². The van der Waals surface area contributed by atoms with Crippen molar-refractivity contribution in [1.29, 1.82) is 0 Å². The summed E-state index contributed by atoms with van der Waals surface area (Å²) in [6, 6.07) is 7.49. The Hall–Kier alpha value is -3.09. The number of benzene rings is 1. The van der Waals surface area contributed by atoms with Crippen LogP contribution in [0.3, 0.4) is 0 Å². The predicted molar refractivity (Wildman–Crippen MR) is 104 cm³/mol. The fourth-order valence-electron chi connectivity index (χ4n) is 3.35. The Morgan fingerprint density at radius 1 is 1.33 bits per heavy atom. The number of nitrogens with zero attached hydrogens (tertiary/aromatic N) is 3. The van der Waals surface area contributed by atoms with Crippen molar-refractivity contribution in [3.8, 4) is 5.75 Å². The molecule has 0 bridgehead atoms. The molecule has 1 atom stereocenters. The number of aryl methyl sites for hydroxylation is 1. The Morgan fingerprint density at radius 2 is 2.11 bits per heavy atom. The lowest BCUT2D eigenvalue weighted by Gasteiger charge is -2.18. The highest BCUT2D eigenvalue weighted by Gasteiger charge is 2.35. The topological polar surface area (TPSA) is 79.4 Å². The van der Waals surface area contributed by atoms with Crippen molar-refractivity contribution in [1.82, 2.24) is 4.90 Å². The number of hydrogen-bond donors (Lipinski definition) is 1. The number of furan rings is 1. The number of carbonyl (C=O) groups is 1. The largest absolute Gasteiger partial charge is 0.494 e. The molecule has 3 heterocycles. The maximum atomic E-state index is 13.0. The Balaban J connectivity index is 1.64. The van der Waals surface area contributed by atoms with Gasteiger partial charge in [-0.05, 0) is 44.5 Å². The van der Waals surface area contributed by atoms with E-state index >= 15 is 0 Å². The molecular formula is C20H22N4O3. The zero-order valence-corrected chi connectivity index (χ0v) is 15.7. The summed E-state index contributed by atoms with van der Waals surface area (Å²) >= 11 is 0. The molecule has 27 heavy (non-hydrogen) atoms. The van der Waals surface area contributed by atoms with Crippen molar-refractivity contribution in [2.45, 2.75) is 33.2 Å². The Labute approximate surface area is 157 Å². The van der Waals surface area contributed by atoms with Crippen LogP contribution in [0.2, 0.25) is 0 Å². The summed E-state index contributed by atoms with van der Waals surface area (Å²) in [5, 5.41) is 2.93. The molecule has 4 rings (SSSR count). The number of carbonyl (C=O) groups excluding carboxylic acids is 1. The number of anilines is 1. The van der Waals surface area contributed by atoms with E-state index in [1.165, 1.54) is 0 Å². The minimum atomic E-state index is -0.235. The van der Waals surface area contributed by atoms with Gasteiger partial charge in [0.1, 0.15) is 23.7 Å². The highest BCUT2D eigenvalue weighted by atomic mass is 16.5. The molecule has 7 nitrogen and oxygen atoms in total. The van der Waals surface area contributed by atoms with E-state index in [-0.39, 0.29) is 11.9 Å². The number of hydrogen-bond acceptors (Lipinski definition) is 6. The van der Waals surface area contributed by atoms with Gasteiger partial charge in [-0.2, -0.15) is 0 Å². The summed E-state index contributed by atoms with van der Waals surface area (Å²) in [7, 11) is 0. The first-order valence-electron chi connectivity index (χ1n) is 9.17. The van der Waals surface area contributed by atoms with Crippen molar-refractivity contribution in [2.24, 2.45) is 9.98 Å². The van der Waals surface area contributed by atoms with E-state index in [0.29, 0.717) is 35.1 Å². The second-order valence-corrected chi connectivity index (χ2v) is 6.54. The summed E-state index contributed by atoms with van der Waals surface area (Å²) in [6.07, 6.45) is 2.67. The molecule has 1 aromatic heterocycles. The minimum Gasteiger partial charge on any atom is -0.494 e. The highest BCUT2D eigenvalue weighted by Crippen LogP contribution is 2.35. The quantitative estimate of drug-likeness (QED) is 0.874. The lowest BCUT2D eigenvalue weighted by atomic mass is 10.1. The molecule has 1 aromatic carbocycles. The van der Waals surface area contributed by atoms with Gasteiger partial charge in [0.15, 0.2) is 0 Å². The molecule has 140 valence electrons. The fraction of sp³-hybridized carbons (Fsp3) is 0.350. The molecule has 1 N–H and O–H groups in total. The van der Waals surface area contributed by atoms with E-state index in [1.54, 1.807) is 13.3 Å². The van der Waals surface area contributed by atoms with Gasteiger partial charge in [-0.25, -0.2) is 4.99 Å². The normalized spacial score (nSPS) is 17.4. The molecule has 2 aromatic rings. The minimum absolute atomic E-state index is 0.203. The van der Waals surface area contributed by atoms with Crippen LogP contribution in [0.4, 0.5) is 11.6 Å². The summed E-state index contributed by atoms with van der Waals surface area (Å²) in [5.41, 5.74) is 1.85. The monoisotopic (exact) mass is 366 g/mol. The smallest absolute Gasteiger partial charge is 0.260 e. The Bertz CT molecular complexity index is 927. The number of amidine groups is 1. The van der Waals surface area contributed by atoms with Crippen molar-refractivity contribution in [3.63, 3.8) is 0 Å². The number of amides is 1. The van der Waals surface area contributed by atoms with Crippen LogP contribution in [0.5, 0.6) is 5.75 Å². The van der Waals surface area contributed by atoms with Gasteiger partial charge in [-0.1, -0.05) is 6.92 Å². The Morgan fingerprint density at radius 3 is 2.81 bits per heavy atom. The first-order valence-corrected chi connectivity index (χ1v) is 9.17. The highest BCUT2D eigenvalue weighted by molar-refractivity contribution is 6.19. The molecule has 0 aliphatic carbocycles. The summed E-state index contributed by atoms with van der Waals surface area (Å²) < 4.78 is 11.2. The molecule has 0 radical (unpaired) electrons. The first-order chi connectivity index (χ1) is 13.1. The van der Waals surface area contributed by atoms with E-state index in [0.717, 1.165) is 24.6 Å². The zero-order valence-electron chi connectivity index (χ0n) is 15.7. The van der Waals surface area contributed by atoms with Gasteiger partial charge in [0.2, 0.25) is 5.88 Å². The summed E-state index contributed by atoms with van der Waals surface area (Å²) in [6.45, 7) is 7.19. The van der Waals surface area contributed by atoms with Gasteiger partial charge >= 0.3 is 0 Å². The fourth-order valence-corrected chi connectivity index (χ4v) is 3.35. The van der Waals surface area contributed by atoms with Crippen LogP contribution in [0.25, 0.3) is 0 Å². The molecule has 0 fully saturated rings. The zero-order chi connectivity index (χ0) is 19.0. The van der Waals surface area contributed by atoms with Crippen molar-refractivity contribution in [3.05, 3.63) is 41.2 Å². The maximum Gasteiger partial charge on any atom is 0.260 e. The van der Waals surface area contributed by atoms with Crippen LogP contribution < -0.4 is 10.1 Å². The molecule has 2 aliphatic rings. The van der Waals surface area contributed by atoms with Crippen LogP contribution in [0, 0.1) is 6.92 Å². The first kappa shape index (κ1) is 17.3. The molecule has 0 unspecified atom stereocenters. The van der Waals surface area contributed by atoms with Crippen LogP contribution in [0.15, 0.2) is 38.7 Å². The van der Waals surface area contributed by atoms with Gasteiger partial charge in [0.25, 0.3) is 5.91 Å². The summed E-state index contributed by atoms with van der Waals surface area (Å²) in [4.78, 5) is 24.1. The van der Waals surface area contributed by atoms with Gasteiger partial charge in [0, 0.05) is 12.2 Å². The number of fused-ring (bicyclic) bond motifs is 3. The number of nitrogens with one attached hydrogen (secondary N) is 1. The van der Waals surface area contributed by atoms with Crippen LogP contribution in [0.1, 0.15) is 41.9 Å². The molecule has 2 aliphatic heterocycles. The number of ether oxygens (including phenoxy) is 1. The van der Waals surface area contributed by atoms with Gasteiger partial charge in [-0.15, -0.1) is 0 Å². The van der Waals surface area contributed by atoms with E-state index in [9.17, 15) is 4.79 Å². The third-order valence-electron chi connectivity index (χ3n) is 4.71. The lowest BCUT2D eigenvalue weighted by Crippen LogP contribution is -2.31. The van der Waals surface area contributed by atoms with Crippen LogP contribution in [-0.4, -0.2) is 42.2 Å². The second-order valence-electron chi connectivity index (χ2n) is 6.54. The Kier molecular flexibility index (Phi) is 4.43. The average molecular weight is 366 g/mol. The van der Waals surface area contributed by atoms with Crippen molar-refractivity contribution < 1.29 is 13.9 Å². The van der Waals surface area contributed by atoms with Crippen LogP contribution >= 0.6 is 0 Å². The third kappa shape index (κ3) is 3.09. The van der Waals surface area contributed by atoms with Gasteiger partial charge < -0.3 is 19.4 Å². The number of rotatable bonds is 5. The molecule has 7 heteroatoms. The van der Waals surface area contributed by atoms with E-state index in [1.807, 2.05) is 36.1 Å². The third-order valence-corrected chi connectivity index (χ3v) is 4.71. The predicted octanol–water partition coefficient (Wildman–Crippen LogP) is 3.75. The van der Waals surface area contributed by atoms with Crippen molar-refractivity contribution in [2.75, 3.05) is 18.5 Å². The molecule has 1 amide bonds. The molecule has 0 spiro atoms. The molecular weight excluding hydrogens is 344 g/mol. The van der Waals surface area contributed by atoms with Crippen LogP contribution in [-0.2, 0) is 0 Å². The molecule has 0 saturated carbocycles. The number of aliphatic imine (C=N–C) groups is 2. The standard InChI is InChI=1S/C20H22N4O3/c1-4-13-10-24-11-21-20-17(18(24)22-13)16(12(3)27-20)19(25)23-14-6-8-15(9-7-14)26-5-2/h6-9,11,13H,4-5,10H2,1-3H3,(H,23,25)/t13-/m1/s1. The SMILES string of the molecule is CCOc1ccc(NC(=O)c2c(C)oc3c2C2=N[C@H](CC)CN2C=N3)cc1. The molecule has 0 saturated heterocycles.